The minimum absolute atomic E-state index is 0.0772. The Bertz CT molecular complexity index is 767. The third-order valence-electron chi connectivity index (χ3n) is 7.85. The van der Waals surface area contributed by atoms with Crippen molar-refractivity contribution in [2.24, 2.45) is 0 Å². The van der Waals surface area contributed by atoms with Crippen LogP contribution in [0.15, 0.2) is 48.6 Å². The van der Waals surface area contributed by atoms with Gasteiger partial charge in [0.25, 0.3) is 0 Å². The number of hydrogen-bond donors (Lipinski definition) is 1. The van der Waals surface area contributed by atoms with Gasteiger partial charge in [0, 0.05) is 12.8 Å². The van der Waals surface area contributed by atoms with Crippen LogP contribution >= 0.6 is 0 Å². The van der Waals surface area contributed by atoms with Crippen molar-refractivity contribution in [3.05, 3.63) is 48.6 Å². The first kappa shape index (κ1) is 42.9. The largest absolute Gasteiger partial charge is 0.462 e. The SMILES string of the molecule is CCCC/C=C\C/C=C\CCCCCCCC(=O)OCC(CO)OC(=O)CCCCCCCCC/C=C\C/C=C\CCCCC. The maximum atomic E-state index is 12.1. The van der Waals surface area contributed by atoms with E-state index in [1.807, 2.05) is 0 Å². The van der Waals surface area contributed by atoms with E-state index in [-0.39, 0.29) is 25.2 Å². The van der Waals surface area contributed by atoms with E-state index in [2.05, 4.69) is 62.5 Å². The van der Waals surface area contributed by atoms with E-state index < -0.39 is 6.10 Å². The van der Waals surface area contributed by atoms with Crippen LogP contribution < -0.4 is 0 Å². The molecule has 0 rings (SSSR count). The van der Waals surface area contributed by atoms with Crippen LogP contribution in [0, 0.1) is 0 Å². The van der Waals surface area contributed by atoms with Gasteiger partial charge in [0.2, 0.25) is 0 Å². The minimum atomic E-state index is -0.780. The number of ether oxygens (including phenoxy) is 2. The monoisotopic (exact) mass is 631 g/mol. The molecule has 0 radical (unpaired) electrons. The summed E-state index contributed by atoms with van der Waals surface area (Å²) in [5, 5.41) is 9.53. The van der Waals surface area contributed by atoms with E-state index in [4.69, 9.17) is 9.47 Å². The van der Waals surface area contributed by atoms with Crippen molar-refractivity contribution < 1.29 is 24.2 Å². The number of esters is 2. The summed E-state index contributed by atoms with van der Waals surface area (Å²) in [4.78, 5) is 24.2. The minimum Gasteiger partial charge on any atom is -0.462 e. The summed E-state index contributed by atoms with van der Waals surface area (Å²) in [5.74, 6) is -0.619. The molecular formula is C40H70O5. The fourth-order valence-corrected chi connectivity index (χ4v) is 4.95. The highest BCUT2D eigenvalue weighted by molar-refractivity contribution is 5.70. The van der Waals surface area contributed by atoms with Gasteiger partial charge in [-0.25, -0.2) is 0 Å². The van der Waals surface area contributed by atoms with Crippen LogP contribution in [0.4, 0.5) is 0 Å². The number of aliphatic hydroxyl groups excluding tert-OH is 1. The van der Waals surface area contributed by atoms with Crippen molar-refractivity contribution in [3.63, 3.8) is 0 Å². The molecule has 0 saturated carbocycles. The lowest BCUT2D eigenvalue weighted by Gasteiger charge is -2.15. The smallest absolute Gasteiger partial charge is 0.306 e. The average Bonchev–Trinajstić information content (AvgIpc) is 3.04. The molecule has 0 aliphatic rings. The molecular weight excluding hydrogens is 560 g/mol. The zero-order valence-electron chi connectivity index (χ0n) is 29.4. The number of carbonyl (C=O) groups is 2. The predicted molar refractivity (Wildman–Crippen MR) is 191 cm³/mol. The van der Waals surface area contributed by atoms with Gasteiger partial charge in [-0.1, -0.05) is 140 Å². The molecule has 0 heterocycles. The van der Waals surface area contributed by atoms with Crippen molar-refractivity contribution >= 4 is 11.9 Å². The predicted octanol–water partition coefficient (Wildman–Crippen LogP) is 11.5. The molecule has 0 aromatic heterocycles. The molecule has 0 aromatic carbocycles. The van der Waals surface area contributed by atoms with Gasteiger partial charge in [0.05, 0.1) is 6.61 Å². The Hall–Kier alpha value is -2.14. The molecule has 0 aromatic rings. The van der Waals surface area contributed by atoms with Crippen LogP contribution in [0.3, 0.4) is 0 Å². The van der Waals surface area contributed by atoms with Crippen LogP contribution in [-0.4, -0.2) is 36.4 Å². The zero-order valence-corrected chi connectivity index (χ0v) is 29.4. The van der Waals surface area contributed by atoms with Gasteiger partial charge in [-0.05, 0) is 70.6 Å². The number of carbonyl (C=O) groups excluding carboxylic acids is 2. The van der Waals surface area contributed by atoms with E-state index in [1.54, 1.807) is 0 Å². The zero-order chi connectivity index (χ0) is 32.9. The molecule has 0 amide bonds. The van der Waals surface area contributed by atoms with Crippen LogP contribution in [-0.2, 0) is 19.1 Å². The standard InChI is InChI=1S/C40H70O5/c1-3-5-7-9-11-13-15-17-19-20-21-23-25-27-29-31-33-35-40(43)45-38(36-41)37-44-39(42)34-32-30-28-26-24-22-18-16-14-12-10-8-6-4-2/h10-13,16-19,38,41H,3-9,14-15,20-37H2,1-2H3/b12-10-,13-11-,18-16-,19-17-. The Kier molecular flexibility index (Phi) is 34.6. The summed E-state index contributed by atoms with van der Waals surface area (Å²) in [6.45, 7) is 4.04. The number of allylic oxidation sites excluding steroid dienone is 8. The second kappa shape index (κ2) is 36.3. The second-order valence-electron chi connectivity index (χ2n) is 12.3. The molecule has 45 heavy (non-hydrogen) atoms. The second-order valence-corrected chi connectivity index (χ2v) is 12.3. The van der Waals surface area contributed by atoms with Gasteiger partial charge in [-0.2, -0.15) is 0 Å². The molecule has 0 bridgehead atoms. The van der Waals surface area contributed by atoms with Gasteiger partial charge in [-0.3, -0.25) is 9.59 Å². The van der Waals surface area contributed by atoms with Crippen molar-refractivity contribution in [1.29, 1.82) is 0 Å². The molecule has 0 aliphatic heterocycles. The third-order valence-corrected chi connectivity index (χ3v) is 7.85. The molecule has 1 N–H and O–H groups in total. The Morgan fingerprint density at radius 1 is 0.511 bits per heavy atom. The summed E-state index contributed by atoms with van der Waals surface area (Å²) < 4.78 is 10.6. The summed E-state index contributed by atoms with van der Waals surface area (Å²) >= 11 is 0. The molecule has 1 unspecified atom stereocenters. The number of unbranched alkanes of at least 4 members (excludes halogenated alkanes) is 17. The van der Waals surface area contributed by atoms with Gasteiger partial charge in [0.1, 0.15) is 6.61 Å². The van der Waals surface area contributed by atoms with Crippen LogP contribution in [0.5, 0.6) is 0 Å². The molecule has 5 heteroatoms. The Labute approximate surface area is 278 Å². The van der Waals surface area contributed by atoms with Crippen molar-refractivity contribution in [3.8, 4) is 0 Å². The molecule has 0 saturated heterocycles. The third kappa shape index (κ3) is 34.6. The Morgan fingerprint density at radius 3 is 1.38 bits per heavy atom. The first-order valence-corrected chi connectivity index (χ1v) is 18.7. The molecule has 0 fully saturated rings. The topological polar surface area (TPSA) is 72.8 Å². The van der Waals surface area contributed by atoms with E-state index >= 15 is 0 Å². The van der Waals surface area contributed by atoms with Gasteiger partial charge in [0.15, 0.2) is 6.10 Å². The van der Waals surface area contributed by atoms with Gasteiger partial charge in [-0.15, -0.1) is 0 Å². The molecule has 5 nitrogen and oxygen atoms in total. The summed E-state index contributed by atoms with van der Waals surface area (Å²) in [6.07, 6.45) is 44.4. The number of rotatable bonds is 33. The van der Waals surface area contributed by atoms with Crippen molar-refractivity contribution in [1.82, 2.24) is 0 Å². The highest BCUT2D eigenvalue weighted by atomic mass is 16.6. The average molecular weight is 631 g/mol. The first-order chi connectivity index (χ1) is 22.1. The summed E-state index contributed by atoms with van der Waals surface area (Å²) in [5.41, 5.74) is 0. The van der Waals surface area contributed by atoms with Crippen molar-refractivity contribution in [2.75, 3.05) is 13.2 Å². The fourth-order valence-electron chi connectivity index (χ4n) is 4.95. The molecule has 0 aliphatic carbocycles. The van der Waals surface area contributed by atoms with E-state index in [0.29, 0.717) is 12.8 Å². The maximum absolute atomic E-state index is 12.1. The maximum Gasteiger partial charge on any atom is 0.306 e. The summed E-state index contributed by atoms with van der Waals surface area (Å²) in [6, 6.07) is 0. The van der Waals surface area contributed by atoms with Crippen LogP contribution in [0.2, 0.25) is 0 Å². The molecule has 1 atom stereocenters. The van der Waals surface area contributed by atoms with Crippen LogP contribution in [0.1, 0.15) is 174 Å². The first-order valence-electron chi connectivity index (χ1n) is 18.7. The van der Waals surface area contributed by atoms with Crippen LogP contribution in [0.25, 0.3) is 0 Å². The quantitative estimate of drug-likeness (QED) is 0.0444. The highest BCUT2D eigenvalue weighted by Crippen LogP contribution is 2.12. The van der Waals surface area contributed by atoms with Gasteiger partial charge >= 0.3 is 11.9 Å². The lowest BCUT2D eigenvalue weighted by atomic mass is 10.1. The Morgan fingerprint density at radius 2 is 0.911 bits per heavy atom. The summed E-state index contributed by atoms with van der Waals surface area (Å²) in [7, 11) is 0. The lowest BCUT2D eigenvalue weighted by molar-refractivity contribution is -0.161. The van der Waals surface area contributed by atoms with E-state index in [0.717, 1.165) is 64.2 Å². The fraction of sp³-hybridized carbons (Fsp3) is 0.750. The Balaban J connectivity index is 3.61. The normalized spacial score (nSPS) is 12.7. The number of hydrogen-bond acceptors (Lipinski definition) is 5. The lowest BCUT2D eigenvalue weighted by Crippen LogP contribution is -2.28. The van der Waals surface area contributed by atoms with E-state index in [9.17, 15) is 14.7 Å². The highest BCUT2D eigenvalue weighted by Gasteiger charge is 2.16. The van der Waals surface area contributed by atoms with Crippen molar-refractivity contribution in [2.45, 2.75) is 180 Å². The molecule has 260 valence electrons. The number of aliphatic hydroxyl groups is 1. The van der Waals surface area contributed by atoms with E-state index in [1.165, 1.54) is 83.5 Å². The molecule has 0 spiro atoms. The van der Waals surface area contributed by atoms with Gasteiger partial charge < -0.3 is 14.6 Å².